The molecule has 94 valence electrons. The lowest BCUT2D eigenvalue weighted by atomic mass is 9.99. The molecule has 1 atom stereocenters. The van der Waals surface area contributed by atoms with E-state index in [0.717, 1.165) is 24.1 Å². The summed E-state index contributed by atoms with van der Waals surface area (Å²) < 4.78 is 0. The van der Waals surface area contributed by atoms with E-state index in [4.69, 9.17) is 0 Å². The van der Waals surface area contributed by atoms with Gasteiger partial charge in [-0.05, 0) is 43.7 Å². The first-order valence-corrected chi connectivity index (χ1v) is 6.46. The Morgan fingerprint density at radius 3 is 2.94 bits per heavy atom. The topological polar surface area (TPSA) is 24.9 Å². The molecule has 2 rings (SSSR count). The standard InChI is InChI=1S/C16H20N2/c1-4-9-18-16(12(2)3)14-7-8-15-13(11-14)6-5-10-17-15/h5-8,10-11,16,18H,2,4,9H2,1,3H3. The summed E-state index contributed by atoms with van der Waals surface area (Å²) in [6.45, 7) is 9.33. The first-order valence-electron chi connectivity index (χ1n) is 6.46. The third kappa shape index (κ3) is 2.77. The molecule has 0 aliphatic heterocycles. The normalized spacial score (nSPS) is 12.6. The zero-order valence-corrected chi connectivity index (χ0v) is 11.1. The largest absolute Gasteiger partial charge is 0.307 e. The Kier molecular flexibility index (Phi) is 4.11. The van der Waals surface area contributed by atoms with Crippen molar-refractivity contribution in [3.8, 4) is 0 Å². The molecule has 1 aromatic carbocycles. The molecule has 2 heteroatoms. The Balaban J connectivity index is 2.35. The molecular formula is C16H20N2. The van der Waals surface area contributed by atoms with Crippen LogP contribution in [0.5, 0.6) is 0 Å². The van der Waals surface area contributed by atoms with Gasteiger partial charge in [0.05, 0.1) is 11.6 Å². The lowest BCUT2D eigenvalue weighted by molar-refractivity contribution is 0.591. The molecule has 0 bridgehead atoms. The van der Waals surface area contributed by atoms with Crippen LogP contribution in [0.15, 0.2) is 48.7 Å². The van der Waals surface area contributed by atoms with Gasteiger partial charge in [0.2, 0.25) is 0 Å². The van der Waals surface area contributed by atoms with E-state index in [0.29, 0.717) is 0 Å². The molecule has 0 aliphatic carbocycles. The van der Waals surface area contributed by atoms with Crippen LogP contribution < -0.4 is 5.32 Å². The van der Waals surface area contributed by atoms with Crippen LogP contribution in [0.25, 0.3) is 10.9 Å². The van der Waals surface area contributed by atoms with Crippen molar-refractivity contribution in [3.05, 3.63) is 54.2 Å². The first kappa shape index (κ1) is 12.8. The Morgan fingerprint density at radius 2 is 2.22 bits per heavy atom. The maximum atomic E-state index is 4.35. The molecule has 0 saturated heterocycles. The number of nitrogens with zero attached hydrogens (tertiary/aromatic N) is 1. The predicted molar refractivity (Wildman–Crippen MR) is 77.6 cm³/mol. The van der Waals surface area contributed by atoms with Gasteiger partial charge in [0, 0.05) is 11.6 Å². The SMILES string of the molecule is C=C(C)C(NCCC)c1ccc2ncccc2c1. The second-order valence-electron chi connectivity index (χ2n) is 4.69. The molecule has 2 aromatic rings. The molecule has 1 N–H and O–H groups in total. The van der Waals surface area contributed by atoms with E-state index in [1.165, 1.54) is 10.9 Å². The Labute approximate surface area is 109 Å². The van der Waals surface area contributed by atoms with E-state index in [-0.39, 0.29) is 6.04 Å². The van der Waals surface area contributed by atoms with Crippen LogP contribution in [-0.4, -0.2) is 11.5 Å². The maximum Gasteiger partial charge on any atom is 0.0702 e. The minimum absolute atomic E-state index is 0.231. The summed E-state index contributed by atoms with van der Waals surface area (Å²) in [6.07, 6.45) is 2.95. The number of hydrogen-bond donors (Lipinski definition) is 1. The van der Waals surface area contributed by atoms with Crippen LogP contribution in [0.1, 0.15) is 31.9 Å². The number of aromatic nitrogens is 1. The predicted octanol–water partition coefficient (Wildman–Crippen LogP) is 3.85. The summed E-state index contributed by atoms with van der Waals surface area (Å²) in [5.41, 5.74) is 3.44. The third-order valence-electron chi connectivity index (χ3n) is 3.05. The van der Waals surface area contributed by atoms with E-state index >= 15 is 0 Å². The average Bonchev–Trinajstić information content (AvgIpc) is 2.38. The molecule has 2 nitrogen and oxygen atoms in total. The zero-order chi connectivity index (χ0) is 13.0. The summed E-state index contributed by atoms with van der Waals surface area (Å²) in [4.78, 5) is 4.35. The molecule has 1 unspecified atom stereocenters. The fourth-order valence-corrected chi connectivity index (χ4v) is 2.14. The van der Waals surface area contributed by atoms with Crippen molar-refractivity contribution in [2.24, 2.45) is 0 Å². The second kappa shape index (κ2) is 5.78. The molecular weight excluding hydrogens is 220 g/mol. The highest BCUT2D eigenvalue weighted by molar-refractivity contribution is 5.79. The monoisotopic (exact) mass is 240 g/mol. The zero-order valence-electron chi connectivity index (χ0n) is 11.1. The van der Waals surface area contributed by atoms with Crippen molar-refractivity contribution in [3.63, 3.8) is 0 Å². The van der Waals surface area contributed by atoms with Crippen molar-refractivity contribution in [1.82, 2.24) is 10.3 Å². The van der Waals surface area contributed by atoms with E-state index in [1.54, 1.807) is 0 Å². The number of pyridine rings is 1. The first-order chi connectivity index (χ1) is 8.72. The number of benzene rings is 1. The van der Waals surface area contributed by atoms with Crippen molar-refractivity contribution in [2.75, 3.05) is 6.54 Å². The smallest absolute Gasteiger partial charge is 0.0702 e. The fourth-order valence-electron chi connectivity index (χ4n) is 2.14. The Morgan fingerprint density at radius 1 is 1.39 bits per heavy atom. The lowest BCUT2D eigenvalue weighted by Crippen LogP contribution is -2.22. The summed E-state index contributed by atoms with van der Waals surface area (Å²) in [7, 11) is 0. The fraction of sp³-hybridized carbons (Fsp3) is 0.312. The highest BCUT2D eigenvalue weighted by Gasteiger charge is 2.11. The number of hydrogen-bond acceptors (Lipinski definition) is 2. The van der Waals surface area contributed by atoms with Crippen molar-refractivity contribution in [2.45, 2.75) is 26.3 Å². The van der Waals surface area contributed by atoms with Gasteiger partial charge in [0.15, 0.2) is 0 Å². The van der Waals surface area contributed by atoms with Crippen LogP contribution in [0.4, 0.5) is 0 Å². The number of nitrogens with one attached hydrogen (secondary N) is 1. The summed E-state index contributed by atoms with van der Waals surface area (Å²) in [5.74, 6) is 0. The van der Waals surface area contributed by atoms with Crippen molar-refractivity contribution >= 4 is 10.9 Å². The average molecular weight is 240 g/mol. The molecule has 0 amide bonds. The number of rotatable bonds is 5. The van der Waals surface area contributed by atoms with Crippen molar-refractivity contribution in [1.29, 1.82) is 0 Å². The Bertz CT molecular complexity index is 546. The van der Waals surface area contributed by atoms with Gasteiger partial charge in [-0.3, -0.25) is 4.98 Å². The van der Waals surface area contributed by atoms with Crippen LogP contribution in [0.3, 0.4) is 0 Å². The van der Waals surface area contributed by atoms with Gasteiger partial charge >= 0.3 is 0 Å². The lowest BCUT2D eigenvalue weighted by Gasteiger charge is -2.19. The summed E-state index contributed by atoms with van der Waals surface area (Å²) in [6, 6.07) is 10.7. The highest BCUT2D eigenvalue weighted by Crippen LogP contribution is 2.23. The van der Waals surface area contributed by atoms with Crippen LogP contribution >= 0.6 is 0 Å². The van der Waals surface area contributed by atoms with Gasteiger partial charge in [0.25, 0.3) is 0 Å². The highest BCUT2D eigenvalue weighted by atomic mass is 14.9. The molecule has 0 spiro atoms. The van der Waals surface area contributed by atoms with E-state index < -0.39 is 0 Å². The van der Waals surface area contributed by atoms with E-state index in [1.807, 2.05) is 12.3 Å². The third-order valence-corrected chi connectivity index (χ3v) is 3.05. The van der Waals surface area contributed by atoms with Gasteiger partial charge < -0.3 is 5.32 Å². The van der Waals surface area contributed by atoms with Gasteiger partial charge in [-0.2, -0.15) is 0 Å². The molecule has 0 fully saturated rings. The molecule has 1 heterocycles. The second-order valence-corrected chi connectivity index (χ2v) is 4.69. The summed E-state index contributed by atoms with van der Waals surface area (Å²) in [5, 5.41) is 4.71. The van der Waals surface area contributed by atoms with Crippen LogP contribution in [0, 0.1) is 0 Å². The van der Waals surface area contributed by atoms with E-state index in [9.17, 15) is 0 Å². The minimum atomic E-state index is 0.231. The maximum absolute atomic E-state index is 4.35. The molecule has 0 saturated carbocycles. The van der Waals surface area contributed by atoms with Gasteiger partial charge in [-0.25, -0.2) is 0 Å². The molecule has 18 heavy (non-hydrogen) atoms. The van der Waals surface area contributed by atoms with E-state index in [2.05, 4.69) is 55.0 Å². The van der Waals surface area contributed by atoms with Crippen LogP contribution in [0.2, 0.25) is 0 Å². The van der Waals surface area contributed by atoms with Gasteiger partial charge in [-0.1, -0.05) is 31.2 Å². The quantitative estimate of drug-likeness (QED) is 0.803. The molecule has 0 radical (unpaired) electrons. The minimum Gasteiger partial charge on any atom is -0.307 e. The van der Waals surface area contributed by atoms with Gasteiger partial charge in [-0.15, -0.1) is 0 Å². The van der Waals surface area contributed by atoms with Crippen molar-refractivity contribution < 1.29 is 0 Å². The van der Waals surface area contributed by atoms with Crippen LogP contribution in [-0.2, 0) is 0 Å². The Hall–Kier alpha value is -1.67. The number of fused-ring (bicyclic) bond motifs is 1. The van der Waals surface area contributed by atoms with Gasteiger partial charge in [0.1, 0.15) is 0 Å². The summed E-state index contributed by atoms with van der Waals surface area (Å²) >= 11 is 0. The molecule has 0 aliphatic rings. The molecule has 1 aromatic heterocycles.